The van der Waals surface area contributed by atoms with Gasteiger partial charge >= 0.3 is 5.97 Å². The van der Waals surface area contributed by atoms with Crippen LogP contribution in [0.25, 0.3) is 0 Å². The van der Waals surface area contributed by atoms with Crippen molar-refractivity contribution in [1.29, 1.82) is 0 Å². The van der Waals surface area contributed by atoms with Crippen molar-refractivity contribution in [3.8, 4) is 0 Å². The number of hydrogen-bond acceptors (Lipinski definition) is 3. The third-order valence-electron chi connectivity index (χ3n) is 3.54. The standard InChI is InChI=1S/C11H22N2O2/c1-5-8-6-10(12(2)3)9(11(14)15)7-13(8)4/h8-10H,5-7H2,1-4H3,(H,14,15). The number of hydrogen-bond donors (Lipinski definition) is 1. The third kappa shape index (κ3) is 2.69. The lowest BCUT2D eigenvalue weighted by Gasteiger charge is -2.43. The summed E-state index contributed by atoms with van der Waals surface area (Å²) in [5.74, 6) is -0.928. The molecule has 1 rings (SSSR count). The molecule has 0 amide bonds. The third-order valence-corrected chi connectivity index (χ3v) is 3.54. The fourth-order valence-electron chi connectivity index (χ4n) is 2.50. The Labute approximate surface area is 91.9 Å². The molecule has 1 aliphatic rings. The van der Waals surface area contributed by atoms with Crippen LogP contribution in [0.3, 0.4) is 0 Å². The first-order chi connectivity index (χ1) is 6.97. The second-order valence-corrected chi connectivity index (χ2v) is 4.71. The van der Waals surface area contributed by atoms with Gasteiger partial charge in [0.15, 0.2) is 0 Å². The van der Waals surface area contributed by atoms with Gasteiger partial charge in [0.05, 0.1) is 5.92 Å². The smallest absolute Gasteiger partial charge is 0.309 e. The highest BCUT2D eigenvalue weighted by Crippen LogP contribution is 2.26. The Hall–Kier alpha value is -0.610. The van der Waals surface area contributed by atoms with Crippen molar-refractivity contribution in [2.45, 2.75) is 31.8 Å². The molecule has 3 atom stereocenters. The molecule has 88 valence electrons. The van der Waals surface area contributed by atoms with Crippen LogP contribution in [-0.2, 0) is 4.79 Å². The van der Waals surface area contributed by atoms with Crippen LogP contribution < -0.4 is 0 Å². The van der Waals surface area contributed by atoms with Crippen LogP contribution in [0.2, 0.25) is 0 Å². The van der Waals surface area contributed by atoms with Crippen LogP contribution in [0, 0.1) is 5.92 Å². The summed E-state index contributed by atoms with van der Waals surface area (Å²) in [7, 11) is 5.97. The molecule has 4 heteroatoms. The Morgan fingerprint density at radius 3 is 2.53 bits per heavy atom. The van der Waals surface area contributed by atoms with Crippen LogP contribution >= 0.6 is 0 Å². The van der Waals surface area contributed by atoms with Gasteiger partial charge in [-0.05, 0) is 34.0 Å². The molecule has 0 bridgehead atoms. The zero-order valence-corrected chi connectivity index (χ0v) is 10.1. The summed E-state index contributed by atoms with van der Waals surface area (Å²) in [6.07, 6.45) is 2.05. The summed E-state index contributed by atoms with van der Waals surface area (Å²) in [5, 5.41) is 9.18. The number of likely N-dealkylation sites (tertiary alicyclic amines) is 1. The fraction of sp³-hybridized carbons (Fsp3) is 0.909. The lowest BCUT2D eigenvalue weighted by molar-refractivity contribution is -0.147. The van der Waals surface area contributed by atoms with Gasteiger partial charge in [0.2, 0.25) is 0 Å². The SMILES string of the molecule is CCC1CC(N(C)C)C(C(=O)O)CN1C. The average molecular weight is 214 g/mol. The minimum atomic E-state index is -0.671. The minimum Gasteiger partial charge on any atom is -0.481 e. The summed E-state index contributed by atoms with van der Waals surface area (Å²) in [6, 6.07) is 0.691. The molecule has 0 aromatic rings. The molecule has 1 aliphatic heterocycles. The maximum atomic E-state index is 11.2. The molecule has 0 aromatic heterocycles. The number of carboxylic acids is 1. The van der Waals surface area contributed by atoms with E-state index in [0.717, 1.165) is 12.8 Å². The number of nitrogens with zero attached hydrogens (tertiary/aromatic N) is 2. The van der Waals surface area contributed by atoms with E-state index in [1.807, 2.05) is 21.1 Å². The van der Waals surface area contributed by atoms with Gasteiger partial charge in [-0.3, -0.25) is 4.79 Å². The Morgan fingerprint density at radius 2 is 2.13 bits per heavy atom. The van der Waals surface area contributed by atoms with E-state index in [0.29, 0.717) is 12.6 Å². The van der Waals surface area contributed by atoms with Gasteiger partial charge in [-0.2, -0.15) is 0 Å². The molecule has 0 aromatic carbocycles. The highest BCUT2D eigenvalue weighted by molar-refractivity contribution is 5.71. The number of piperidine rings is 1. The quantitative estimate of drug-likeness (QED) is 0.752. The average Bonchev–Trinajstić information content (AvgIpc) is 2.16. The number of carboxylic acid groups (broad SMARTS) is 1. The summed E-state index contributed by atoms with van der Waals surface area (Å²) in [4.78, 5) is 15.4. The summed E-state index contributed by atoms with van der Waals surface area (Å²) in [6.45, 7) is 2.83. The molecule has 1 N–H and O–H groups in total. The van der Waals surface area contributed by atoms with Gasteiger partial charge in [-0.15, -0.1) is 0 Å². The van der Waals surface area contributed by atoms with Crippen molar-refractivity contribution in [1.82, 2.24) is 9.80 Å². The second kappa shape index (κ2) is 4.94. The molecule has 0 spiro atoms. The molecule has 0 radical (unpaired) electrons. The van der Waals surface area contributed by atoms with Crippen LogP contribution in [0.5, 0.6) is 0 Å². The van der Waals surface area contributed by atoms with Crippen molar-refractivity contribution >= 4 is 5.97 Å². The molecule has 1 heterocycles. The van der Waals surface area contributed by atoms with Gasteiger partial charge in [-0.25, -0.2) is 0 Å². The largest absolute Gasteiger partial charge is 0.481 e. The Morgan fingerprint density at radius 1 is 1.53 bits per heavy atom. The van der Waals surface area contributed by atoms with E-state index < -0.39 is 5.97 Å². The Bertz CT molecular complexity index is 231. The van der Waals surface area contributed by atoms with Gasteiger partial charge in [0, 0.05) is 18.6 Å². The minimum absolute atomic E-state index is 0.170. The monoisotopic (exact) mass is 214 g/mol. The lowest BCUT2D eigenvalue weighted by atomic mass is 9.86. The van der Waals surface area contributed by atoms with Crippen molar-refractivity contribution in [3.05, 3.63) is 0 Å². The first kappa shape index (κ1) is 12.5. The summed E-state index contributed by atoms with van der Waals surface area (Å²) in [5.41, 5.74) is 0. The number of aliphatic carboxylic acids is 1. The highest BCUT2D eigenvalue weighted by atomic mass is 16.4. The van der Waals surface area contributed by atoms with Gasteiger partial charge in [0.1, 0.15) is 0 Å². The van der Waals surface area contributed by atoms with E-state index in [2.05, 4.69) is 16.7 Å². The lowest BCUT2D eigenvalue weighted by Crippen LogP contribution is -2.54. The summed E-state index contributed by atoms with van der Waals surface area (Å²) >= 11 is 0. The molecule has 4 nitrogen and oxygen atoms in total. The number of carbonyl (C=O) groups is 1. The first-order valence-corrected chi connectivity index (χ1v) is 5.56. The molecular formula is C11H22N2O2. The van der Waals surface area contributed by atoms with Gasteiger partial charge in [-0.1, -0.05) is 6.92 Å². The second-order valence-electron chi connectivity index (χ2n) is 4.71. The zero-order chi connectivity index (χ0) is 11.6. The van der Waals surface area contributed by atoms with E-state index in [-0.39, 0.29) is 12.0 Å². The number of rotatable bonds is 3. The first-order valence-electron chi connectivity index (χ1n) is 5.56. The molecule has 0 saturated carbocycles. The van der Waals surface area contributed by atoms with Crippen molar-refractivity contribution < 1.29 is 9.90 Å². The maximum Gasteiger partial charge on any atom is 0.309 e. The van der Waals surface area contributed by atoms with Crippen LogP contribution in [0.15, 0.2) is 0 Å². The van der Waals surface area contributed by atoms with Crippen molar-refractivity contribution in [2.24, 2.45) is 5.92 Å². The van der Waals surface area contributed by atoms with E-state index >= 15 is 0 Å². The Kier molecular flexibility index (Phi) is 4.11. The van der Waals surface area contributed by atoms with Gasteiger partial charge < -0.3 is 14.9 Å². The predicted molar refractivity (Wildman–Crippen MR) is 59.9 cm³/mol. The molecule has 1 saturated heterocycles. The molecule has 15 heavy (non-hydrogen) atoms. The molecule has 3 unspecified atom stereocenters. The van der Waals surface area contributed by atoms with Crippen LogP contribution in [0.4, 0.5) is 0 Å². The fourth-order valence-corrected chi connectivity index (χ4v) is 2.50. The normalized spacial score (nSPS) is 33.3. The van der Waals surface area contributed by atoms with Crippen LogP contribution in [0.1, 0.15) is 19.8 Å². The molecule has 0 aliphatic carbocycles. The maximum absolute atomic E-state index is 11.2. The van der Waals surface area contributed by atoms with Crippen molar-refractivity contribution in [3.63, 3.8) is 0 Å². The highest BCUT2D eigenvalue weighted by Gasteiger charge is 2.38. The Balaban J connectivity index is 2.76. The van der Waals surface area contributed by atoms with Crippen LogP contribution in [-0.4, -0.2) is 60.6 Å². The molecular weight excluding hydrogens is 192 g/mol. The van der Waals surface area contributed by atoms with Crippen molar-refractivity contribution in [2.75, 3.05) is 27.7 Å². The topological polar surface area (TPSA) is 43.8 Å². The van der Waals surface area contributed by atoms with E-state index in [4.69, 9.17) is 0 Å². The zero-order valence-electron chi connectivity index (χ0n) is 10.1. The van der Waals surface area contributed by atoms with Gasteiger partial charge in [0.25, 0.3) is 0 Å². The van der Waals surface area contributed by atoms with E-state index in [1.165, 1.54) is 0 Å². The van der Waals surface area contributed by atoms with E-state index in [1.54, 1.807) is 0 Å². The molecule has 1 fully saturated rings. The summed E-state index contributed by atoms with van der Waals surface area (Å²) < 4.78 is 0. The van der Waals surface area contributed by atoms with E-state index in [9.17, 15) is 9.90 Å². The predicted octanol–water partition coefficient (Wildman–Crippen LogP) is 0.732.